The Morgan fingerprint density at radius 3 is 1.47 bits per heavy atom. The average molecular weight is 419 g/mol. The third-order valence-electron chi connectivity index (χ3n) is 8.55. The molecule has 160 valence electrons. The molecule has 3 fully saturated rings. The zero-order chi connectivity index (χ0) is 20.2. The van der Waals surface area contributed by atoms with E-state index in [1.807, 2.05) is 0 Å². The molecule has 0 aliphatic heterocycles. The molecule has 2 aromatic rings. The van der Waals surface area contributed by atoms with Gasteiger partial charge >= 0.3 is 0 Å². The molecule has 0 spiro atoms. The molecule has 0 radical (unpaired) electrons. The Morgan fingerprint density at radius 1 is 0.533 bits per heavy atom. The molecule has 5 rings (SSSR count). The molecule has 0 nitrogen and oxygen atoms in total. The second-order valence-corrected chi connectivity index (χ2v) is 12.9. The molecule has 0 heterocycles. The molecule has 0 N–H and O–H groups in total. The fourth-order valence-corrected chi connectivity index (χ4v) is 11.0. The largest absolute Gasteiger partial charge is 0.103 e. The van der Waals surface area contributed by atoms with Crippen molar-refractivity contribution >= 4 is 7.92 Å². The lowest BCUT2D eigenvalue weighted by Gasteiger charge is -2.33. The van der Waals surface area contributed by atoms with Crippen LogP contribution < -0.4 is 0 Å². The first-order valence-electron chi connectivity index (χ1n) is 12.7. The smallest absolute Gasteiger partial charge is 0.0130 e. The Balaban J connectivity index is 1.31. The molecule has 2 aromatic carbocycles. The van der Waals surface area contributed by atoms with Gasteiger partial charge in [0.2, 0.25) is 0 Å². The molecule has 3 aliphatic rings. The number of hydrogen-bond acceptors (Lipinski definition) is 0. The predicted octanol–water partition coefficient (Wildman–Crippen LogP) is 8.58. The van der Waals surface area contributed by atoms with Gasteiger partial charge in [0.25, 0.3) is 0 Å². The summed E-state index contributed by atoms with van der Waals surface area (Å²) in [5.74, 6) is 3.59. The lowest BCUT2D eigenvalue weighted by molar-refractivity contribution is 0.520. The van der Waals surface area contributed by atoms with Crippen LogP contribution in [0.3, 0.4) is 0 Å². The Kier molecular flexibility index (Phi) is 6.91. The van der Waals surface area contributed by atoms with Crippen LogP contribution >= 0.6 is 7.92 Å². The number of benzene rings is 2. The van der Waals surface area contributed by atoms with E-state index in [1.54, 1.807) is 23.5 Å². The molecule has 0 aromatic heterocycles. The highest BCUT2D eigenvalue weighted by atomic mass is 31.1. The molecular formula is C29H39P. The average Bonchev–Trinajstić information content (AvgIpc) is 3.56. The van der Waals surface area contributed by atoms with Crippen molar-refractivity contribution in [2.75, 3.05) is 12.3 Å². The van der Waals surface area contributed by atoms with Crippen molar-refractivity contribution in [3.05, 3.63) is 71.8 Å². The first-order valence-corrected chi connectivity index (χ1v) is 14.5. The van der Waals surface area contributed by atoms with Crippen molar-refractivity contribution in [2.24, 2.45) is 11.8 Å². The maximum atomic E-state index is 2.41. The van der Waals surface area contributed by atoms with Crippen molar-refractivity contribution in [1.82, 2.24) is 0 Å². The second kappa shape index (κ2) is 9.99. The van der Waals surface area contributed by atoms with Crippen molar-refractivity contribution in [2.45, 2.75) is 81.7 Å². The summed E-state index contributed by atoms with van der Waals surface area (Å²) in [5, 5.41) is 0. The summed E-state index contributed by atoms with van der Waals surface area (Å²) in [4.78, 5) is 0. The molecule has 1 heteroatoms. The van der Waals surface area contributed by atoms with Gasteiger partial charge in [-0.05, 0) is 91.3 Å². The highest BCUT2D eigenvalue weighted by Crippen LogP contribution is 2.57. The second-order valence-electron chi connectivity index (χ2n) is 10.3. The van der Waals surface area contributed by atoms with Crippen LogP contribution in [0.25, 0.3) is 0 Å². The van der Waals surface area contributed by atoms with E-state index in [9.17, 15) is 0 Å². The molecule has 0 bridgehead atoms. The van der Waals surface area contributed by atoms with E-state index in [2.05, 4.69) is 60.7 Å². The molecule has 30 heavy (non-hydrogen) atoms. The Bertz CT molecular complexity index is 704. The first kappa shape index (κ1) is 20.8. The normalized spacial score (nSPS) is 30.7. The van der Waals surface area contributed by atoms with E-state index in [-0.39, 0.29) is 7.92 Å². The van der Waals surface area contributed by atoms with E-state index in [0.29, 0.717) is 0 Å². The van der Waals surface area contributed by atoms with Gasteiger partial charge in [-0.2, -0.15) is 0 Å². The third-order valence-corrected chi connectivity index (χ3v) is 12.0. The molecule has 3 unspecified atom stereocenters. The van der Waals surface area contributed by atoms with Gasteiger partial charge in [0.05, 0.1) is 0 Å². The molecule has 3 aliphatic carbocycles. The van der Waals surface area contributed by atoms with E-state index < -0.39 is 0 Å². The van der Waals surface area contributed by atoms with Gasteiger partial charge in [-0.3, -0.25) is 0 Å². The van der Waals surface area contributed by atoms with Crippen LogP contribution in [0.15, 0.2) is 60.7 Å². The number of hydrogen-bond donors (Lipinski definition) is 0. The Morgan fingerprint density at radius 2 is 1.00 bits per heavy atom. The minimum atomic E-state index is 0.182. The fraction of sp³-hybridized carbons (Fsp3) is 0.586. The topological polar surface area (TPSA) is 0 Å². The van der Waals surface area contributed by atoms with Gasteiger partial charge in [-0.15, -0.1) is 7.92 Å². The van der Waals surface area contributed by atoms with Crippen molar-refractivity contribution in [3.63, 3.8) is 0 Å². The zero-order valence-electron chi connectivity index (χ0n) is 18.6. The standard InChI is InChI=1S/C29H39P/c1-3-11-23(12-4-1)28-19-9-15-25(28)21-30(27-17-7-8-18-27)22-26-16-10-20-29(26)24-13-5-2-6-14-24/h1-6,11-14,25-29H,7-10,15-22H2/t25-,26+,28?,29?,30?. The van der Waals surface area contributed by atoms with Gasteiger partial charge in [0.15, 0.2) is 0 Å². The quantitative estimate of drug-likeness (QED) is 0.395. The molecule has 3 saturated carbocycles. The minimum absolute atomic E-state index is 0.182. The van der Waals surface area contributed by atoms with E-state index in [0.717, 1.165) is 29.3 Å². The molecule has 0 amide bonds. The third kappa shape index (κ3) is 4.70. The fourth-order valence-electron chi connectivity index (χ4n) is 7.03. The lowest BCUT2D eigenvalue weighted by atomic mass is 9.90. The first-order chi connectivity index (χ1) is 14.9. The maximum Gasteiger partial charge on any atom is -0.0130 e. The molecule has 5 atom stereocenters. The van der Waals surface area contributed by atoms with Crippen molar-refractivity contribution in [1.29, 1.82) is 0 Å². The Hall–Kier alpha value is -1.13. The van der Waals surface area contributed by atoms with Crippen LogP contribution in [0, 0.1) is 11.8 Å². The van der Waals surface area contributed by atoms with Crippen LogP contribution in [-0.4, -0.2) is 18.0 Å². The monoisotopic (exact) mass is 418 g/mol. The van der Waals surface area contributed by atoms with E-state index in [4.69, 9.17) is 0 Å². The molecular weight excluding hydrogens is 379 g/mol. The summed E-state index contributed by atoms with van der Waals surface area (Å²) in [6, 6.07) is 23.0. The van der Waals surface area contributed by atoms with Crippen LogP contribution in [0.5, 0.6) is 0 Å². The maximum absolute atomic E-state index is 2.41. The van der Waals surface area contributed by atoms with Crippen LogP contribution in [0.1, 0.15) is 87.2 Å². The van der Waals surface area contributed by atoms with E-state index >= 15 is 0 Å². The summed E-state index contributed by atoms with van der Waals surface area (Å²) in [5.41, 5.74) is 4.34. The van der Waals surface area contributed by atoms with Crippen molar-refractivity contribution < 1.29 is 0 Å². The van der Waals surface area contributed by atoms with Gasteiger partial charge < -0.3 is 0 Å². The summed E-state index contributed by atoms with van der Waals surface area (Å²) in [6.45, 7) is 0. The van der Waals surface area contributed by atoms with Gasteiger partial charge in [0.1, 0.15) is 0 Å². The van der Waals surface area contributed by atoms with Gasteiger partial charge in [0, 0.05) is 0 Å². The van der Waals surface area contributed by atoms with E-state index in [1.165, 1.54) is 64.2 Å². The van der Waals surface area contributed by atoms with Crippen molar-refractivity contribution in [3.8, 4) is 0 Å². The predicted molar refractivity (Wildman–Crippen MR) is 132 cm³/mol. The SMILES string of the molecule is c1ccc(C2CCC[C@@H]2CP(C[C@@H]2CCCC2c2ccccc2)C2CCCC2)cc1. The number of rotatable bonds is 7. The molecule has 0 saturated heterocycles. The summed E-state index contributed by atoms with van der Waals surface area (Å²) in [7, 11) is 0.182. The summed E-state index contributed by atoms with van der Waals surface area (Å²) in [6.07, 6.45) is 17.9. The van der Waals surface area contributed by atoms with Gasteiger partial charge in [-0.1, -0.05) is 86.3 Å². The van der Waals surface area contributed by atoms with Crippen LogP contribution in [0.2, 0.25) is 0 Å². The highest BCUT2D eigenvalue weighted by Gasteiger charge is 2.37. The van der Waals surface area contributed by atoms with Crippen LogP contribution in [-0.2, 0) is 0 Å². The summed E-state index contributed by atoms with van der Waals surface area (Å²) >= 11 is 0. The highest BCUT2D eigenvalue weighted by molar-refractivity contribution is 7.58. The summed E-state index contributed by atoms with van der Waals surface area (Å²) < 4.78 is 0. The lowest BCUT2D eigenvalue weighted by Crippen LogP contribution is -2.19. The Labute approximate surface area is 185 Å². The van der Waals surface area contributed by atoms with Crippen LogP contribution in [0.4, 0.5) is 0 Å². The zero-order valence-corrected chi connectivity index (χ0v) is 19.5. The van der Waals surface area contributed by atoms with Gasteiger partial charge in [-0.25, -0.2) is 0 Å². The minimum Gasteiger partial charge on any atom is -0.103 e.